The molecule has 0 aromatic heterocycles. The Morgan fingerprint density at radius 3 is 2.67 bits per heavy atom. The van der Waals surface area contributed by atoms with Gasteiger partial charge in [-0.25, -0.2) is 8.42 Å². The van der Waals surface area contributed by atoms with Gasteiger partial charge in [-0.2, -0.15) is 0 Å². The summed E-state index contributed by atoms with van der Waals surface area (Å²) in [4.78, 5) is 22.0. The Hall–Kier alpha value is -2.16. The van der Waals surface area contributed by atoms with E-state index in [4.69, 9.17) is 0 Å². The van der Waals surface area contributed by atoms with E-state index in [0.717, 1.165) is 0 Å². The van der Waals surface area contributed by atoms with Crippen LogP contribution in [0, 0.1) is 10.1 Å². The van der Waals surface area contributed by atoms with Crippen molar-refractivity contribution in [3.63, 3.8) is 0 Å². The number of carbonyl (C=O) groups excluding carboxylic acids is 1. The van der Waals surface area contributed by atoms with Crippen LogP contribution in [0.2, 0.25) is 0 Å². The quantitative estimate of drug-likeness (QED) is 0.619. The first kappa shape index (κ1) is 15.2. The molecule has 1 saturated heterocycles. The number of nitro benzene ring substituents is 1. The summed E-state index contributed by atoms with van der Waals surface area (Å²) in [5, 5.41) is 16.4. The fourth-order valence-corrected chi connectivity index (χ4v) is 3.89. The molecule has 0 bridgehead atoms. The predicted molar refractivity (Wildman–Crippen MR) is 77.2 cm³/mol. The number of anilines is 1. The van der Waals surface area contributed by atoms with E-state index < -0.39 is 20.7 Å². The van der Waals surface area contributed by atoms with Crippen LogP contribution < -0.4 is 10.6 Å². The standard InChI is InChI=1S/C12H15N3O5S/c1-13-12(16)8-2-3-10(11(6-8)15(17)18)14-9-4-5-21(19,20)7-9/h2-3,6,9,14H,4-5,7H2,1H3,(H,13,16). The van der Waals surface area contributed by atoms with Crippen molar-refractivity contribution < 1.29 is 18.1 Å². The van der Waals surface area contributed by atoms with Crippen LogP contribution >= 0.6 is 0 Å². The molecule has 0 saturated carbocycles. The van der Waals surface area contributed by atoms with E-state index in [1.807, 2.05) is 0 Å². The van der Waals surface area contributed by atoms with Crippen molar-refractivity contribution in [2.75, 3.05) is 23.9 Å². The van der Waals surface area contributed by atoms with Crippen LogP contribution in [0.25, 0.3) is 0 Å². The monoisotopic (exact) mass is 313 g/mol. The Morgan fingerprint density at radius 1 is 1.43 bits per heavy atom. The molecule has 1 aliphatic heterocycles. The minimum absolute atomic E-state index is 0.0403. The summed E-state index contributed by atoms with van der Waals surface area (Å²) in [6.45, 7) is 0. The lowest BCUT2D eigenvalue weighted by atomic mass is 10.1. The van der Waals surface area contributed by atoms with Gasteiger partial charge in [-0.15, -0.1) is 0 Å². The van der Waals surface area contributed by atoms with Crippen molar-refractivity contribution in [2.24, 2.45) is 0 Å². The Kier molecular flexibility index (Phi) is 4.12. The maximum absolute atomic E-state index is 11.5. The molecule has 0 radical (unpaired) electrons. The van der Waals surface area contributed by atoms with Crippen LogP contribution in [-0.2, 0) is 9.84 Å². The average molecular weight is 313 g/mol. The van der Waals surface area contributed by atoms with Crippen molar-refractivity contribution in [2.45, 2.75) is 12.5 Å². The molecule has 21 heavy (non-hydrogen) atoms. The predicted octanol–water partition coefficient (Wildman–Crippen LogP) is 0.553. The highest BCUT2D eigenvalue weighted by atomic mass is 32.2. The fraction of sp³-hybridized carbons (Fsp3) is 0.417. The van der Waals surface area contributed by atoms with Crippen LogP contribution in [0.4, 0.5) is 11.4 Å². The third-order valence-corrected chi connectivity index (χ3v) is 5.04. The molecular formula is C12H15N3O5S. The summed E-state index contributed by atoms with van der Waals surface area (Å²) >= 11 is 0. The number of nitrogens with zero attached hydrogens (tertiary/aromatic N) is 1. The molecule has 1 aromatic carbocycles. The number of nitro groups is 1. The van der Waals surface area contributed by atoms with Crippen LogP contribution in [0.15, 0.2) is 18.2 Å². The van der Waals surface area contributed by atoms with Crippen molar-refractivity contribution in [1.29, 1.82) is 0 Å². The molecule has 0 spiro atoms. The van der Waals surface area contributed by atoms with Crippen molar-refractivity contribution in [3.8, 4) is 0 Å². The Labute approximate surface area is 121 Å². The lowest BCUT2D eigenvalue weighted by Crippen LogP contribution is -2.22. The number of rotatable bonds is 4. The molecule has 1 aromatic rings. The van der Waals surface area contributed by atoms with Crippen molar-refractivity contribution >= 4 is 27.1 Å². The molecule has 2 rings (SSSR count). The molecule has 114 valence electrons. The second-order valence-electron chi connectivity index (χ2n) is 4.81. The van der Waals surface area contributed by atoms with Gasteiger partial charge in [-0.3, -0.25) is 14.9 Å². The molecule has 1 amide bonds. The summed E-state index contributed by atoms with van der Waals surface area (Å²) in [5.74, 6) is -0.385. The Bertz CT molecular complexity index is 686. The first-order chi connectivity index (χ1) is 9.82. The number of sulfone groups is 1. The third kappa shape index (κ3) is 3.48. The van der Waals surface area contributed by atoms with E-state index >= 15 is 0 Å². The molecule has 1 aliphatic rings. The van der Waals surface area contributed by atoms with Gasteiger partial charge in [0, 0.05) is 24.7 Å². The zero-order valence-corrected chi connectivity index (χ0v) is 12.1. The Balaban J connectivity index is 2.27. The summed E-state index contributed by atoms with van der Waals surface area (Å²) < 4.78 is 22.8. The topological polar surface area (TPSA) is 118 Å². The second kappa shape index (κ2) is 5.68. The molecule has 2 N–H and O–H groups in total. The lowest BCUT2D eigenvalue weighted by Gasteiger charge is -2.13. The van der Waals surface area contributed by atoms with Crippen LogP contribution in [0.5, 0.6) is 0 Å². The average Bonchev–Trinajstić information content (AvgIpc) is 2.77. The van der Waals surface area contributed by atoms with Gasteiger partial charge in [-0.05, 0) is 18.6 Å². The molecule has 1 unspecified atom stereocenters. The van der Waals surface area contributed by atoms with Crippen LogP contribution in [0.1, 0.15) is 16.8 Å². The van der Waals surface area contributed by atoms with Gasteiger partial charge in [0.15, 0.2) is 9.84 Å². The number of hydrogen-bond donors (Lipinski definition) is 2. The number of hydrogen-bond acceptors (Lipinski definition) is 6. The number of nitrogens with one attached hydrogen (secondary N) is 2. The van der Waals surface area contributed by atoms with Crippen LogP contribution in [-0.4, -0.2) is 43.8 Å². The maximum Gasteiger partial charge on any atom is 0.293 e. The summed E-state index contributed by atoms with van der Waals surface area (Å²) in [6.07, 6.45) is 0.413. The number of carbonyl (C=O) groups is 1. The molecule has 1 heterocycles. The van der Waals surface area contributed by atoms with Crippen LogP contribution in [0.3, 0.4) is 0 Å². The molecule has 9 heteroatoms. The highest BCUT2D eigenvalue weighted by Crippen LogP contribution is 2.28. The summed E-state index contributed by atoms with van der Waals surface area (Å²) in [5.41, 5.74) is 0.143. The maximum atomic E-state index is 11.5. The SMILES string of the molecule is CNC(=O)c1ccc(NC2CCS(=O)(=O)C2)c([N+](=O)[O-])c1. The minimum Gasteiger partial charge on any atom is -0.376 e. The molecule has 8 nitrogen and oxygen atoms in total. The highest BCUT2D eigenvalue weighted by molar-refractivity contribution is 7.91. The molecule has 0 aliphatic carbocycles. The Morgan fingerprint density at radius 2 is 2.14 bits per heavy atom. The molecular weight excluding hydrogens is 298 g/mol. The molecule has 1 fully saturated rings. The van der Waals surface area contributed by atoms with Crippen molar-refractivity contribution in [1.82, 2.24) is 5.32 Å². The smallest absolute Gasteiger partial charge is 0.293 e. The zero-order valence-electron chi connectivity index (χ0n) is 11.3. The van der Waals surface area contributed by atoms with Gasteiger partial charge >= 0.3 is 0 Å². The zero-order chi connectivity index (χ0) is 15.6. The van der Waals surface area contributed by atoms with Gasteiger partial charge in [0.1, 0.15) is 5.69 Å². The third-order valence-electron chi connectivity index (χ3n) is 3.28. The summed E-state index contributed by atoms with van der Waals surface area (Å²) in [6, 6.07) is 3.70. The fourth-order valence-electron chi connectivity index (χ4n) is 2.22. The first-order valence-electron chi connectivity index (χ1n) is 6.30. The van der Waals surface area contributed by atoms with E-state index in [9.17, 15) is 23.3 Å². The van der Waals surface area contributed by atoms with E-state index in [0.29, 0.717) is 6.42 Å². The minimum atomic E-state index is -3.07. The van der Waals surface area contributed by atoms with E-state index in [-0.39, 0.29) is 34.5 Å². The van der Waals surface area contributed by atoms with Gasteiger partial charge in [0.25, 0.3) is 11.6 Å². The summed E-state index contributed by atoms with van der Waals surface area (Å²) in [7, 11) is -1.64. The first-order valence-corrected chi connectivity index (χ1v) is 8.12. The van der Waals surface area contributed by atoms with E-state index in [1.54, 1.807) is 0 Å². The largest absolute Gasteiger partial charge is 0.376 e. The highest BCUT2D eigenvalue weighted by Gasteiger charge is 2.29. The van der Waals surface area contributed by atoms with E-state index in [1.165, 1.54) is 25.2 Å². The lowest BCUT2D eigenvalue weighted by molar-refractivity contribution is -0.384. The molecule has 1 atom stereocenters. The number of benzene rings is 1. The van der Waals surface area contributed by atoms with Gasteiger partial charge in [0.2, 0.25) is 0 Å². The van der Waals surface area contributed by atoms with Gasteiger partial charge < -0.3 is 10.6 Å². The van der Waals surface area contributed by atoms with Crippen molar-refractivity contribution in [3.05, 3.63) is 33.9 Å². The van der Waals surface area contributed by atoms with Gasteiger partial charge in [-0.1, -0.05) is 0 Å². The van der Waals surface area contributed by atoms with E-state index in [2.05, 4.69) is 10.6 Å². The number of amides is 1. The second-order valence-corrected chi connectivity index (χ2v) is 7.04. The normalized spacial score (nSPS) is 20.0. The van der Waals surface area contributed by atoms with Gasteiger partial charge in [0.05, 0.1) is 16.4 Å².